The second kappa shape index (κ2) is 5.18. The number of fused-ring (bicyclic) bond motifs is 1. The van der Waals surface area contributed by atoms with E-state index in [1.807, 2.05) is 0 Å². The summed E-state index contributed by atoms with van der Waals surface area (Å²) in [6.45, 7) is 14.9. The van der Waals surface area contributed by atoms with Crippen LogP contribution in [-0.4, -0.2) is 16.3 Å². The van der Waals surface area contributed by atoms with Gasteiger partial charge in [0.05, 0.1) is 11.7 Å². The molecular formula is C16H29N3. The molecule has 0 saturated heterocycles. The second-order valence-electron chi connectivity index (χ2n) is 7.27. The molecule has 0 aromatic carbocycles. The summed E-state index contributed by atoms with van der Waals surface area (Å²) in [5, 5.41) is 8.37. The van der Waals surface area contributed by atoms with E-state index in [4.69, 9.17) is 5.10 Å². The standard InChI is InChI=1S/C16H29N3/c1-7-14-11(2)10-17-15-9-13(18-19(14)15)8-12(3)16(4,5)6/h9,11-12,14,17H,7-8,10H2,1-6H3. The minimum atomic E-state index is 0.342. The fraction of sp³-hybridized carbons (Fsp3) is 0.812. The van der Waals surface area contributed by atoms with Crippen LogP contribution in [0.5, 0.6) is 0 Å². The Kier molecular flexibility index (Phi) is 3.93. The lowest BCUT2D eigenvalue weighted by atomic mass is 9.79. The molecule has 0 amide bonds. The highest BCUT2D eigenvalue weighted by Gasteiger charge is 2.27. The normalized spacial score (nSPS) is 24.7. The molecule has 1 aromatic rings. The Labute approximate surface area is 117 Å². The first kappa shape index (κ1) is 14.4. The van der Waals surface area contributed by atoms with Gasteiger partial charge in [0.25, 0.3) is 0 Å². The summed E-state index contributed by atoms with van der Waals surface area (Å²) in [7, 11) is 0. The molecule has 1 aliphatic heterocycles. The molecule has 2 heterocycles. The van der Waals surface area contributed by atoms with Crippen LogP contribution in [0.15, 0.2) is 6.07 Å². The molecule has 0 aliphatic carbocycles. The number of anilines is 1. The lowest BCUT2D eigenvalue weighted by Crippen LogP contribution is -2.30. The number of aromatic nitrogens is 2. The molecule has 3 heteroatoms. The lowest BCUT2D eigenvalue weighted by Gasteiger charge is -2.30. The highest BCUT2D eigenvalue weighted by Crippen LogP contribution is 2.33. The van der Waals surface area contributed by atoms with Gasteiger partial charge in [-0.3, -0.25) is 0 Å². The van der Waals surface area contributed by atoms with E-state index in [-0.39, 0.29) is 0 Å². The van der Waals surface area contributed by atoms with Crippen molar-refractivity contribution in [1.29, 1.82) is 0 Å². The van der Waals surface area contributed by atoms with Crippen LogP contribution in [0.1, 0.15) is 59.7 Å². The Morgan fingerprint density at radius 2 is 2.16 bits per heavy atom. The van der Waals surface area contributed by atoms with Crippen molar-refractivity contribution >= 4 is 5.82 Å². The van der Waals surface area contributed by atoms with E-state index in [1.54, 1.807) is 0 Å². The Bertz CT molecular complexity index is 428. The first-order chi connectivity index (χ1) is 8.82. The molecule has 0 bridgehead atoms. The van der Waals surface area contributed by atoms with E-state index < -0.39 is 0 Å². The van der Waals surface area contributed by atoms with Crippen LogP contribution >= 0.6 is 0 Å². The molecule has 0 spiro atoms. The minimum Gasteiger partial charge on any atom is -0.370 e. The highest BCUT2D eigenvalue weighted by molar-refractivity contribution is 5.39. The zero-order valence-electron chi connectivity index (χ0n) is 13.3. The van der Waals surface area contributed by atoms with Crippen LogP contribution in [0.2, 0.25) is 0 Å². The largest absolute Gasteiger partial charge is 0.370 e. The van der Waals surface area contributed by atoms with Gasteiger partial charge in [0.2, 0.25) is 0 Å². The van der Waals surface area contributed by atoms with E-state index in [1.165, 1.54) is 11.5 Å². The maximum Gasteiger partial charge on any atom is 0.124 e. The summed E-state index contributed by atoms with van der Waals surface area (Å²) >= 11 is 0. The molecule has 1 aromatic heterocycles. The Morgan fingerprint density at radius 3 is 2.74 bits per heavy atom. The molecule has 0 radical (unpaired) electrons. The fourth-order valence-corrected chi connectivity index (χ4v) is 2.77. The predicted octanol–water partition coefficient (Wildman–Crippen LogP) is 4.12. The molecule has 2 rings (SSSR count). The van der Waals surface area contributed by atoms with E-state index >= 15 is 0 Å². The average molecular weight is 263 g/mol. The second-order valence-corrected chi connectivity index (χ2v) is 7.27. The number of hydrogen-bond donors (Lipinski definition) is 1. The van der Waals surface area contributed by atoms with Gasteiger partial charge in [-0.05, 0) is 30.1 Å². The summed E-state index contributed by atoms with van der Waals surface area (Å²) < 4.78 is 2.22. The molecule has 3 atom stereocenters. The van der Waals surface area contributed by atoms with E-state index in [0.29, 0.717) is 23.3 Å². The van der Waals surface area contributed by atoms with E-state index in [9.17, 15) is 0 Å². The van der Waals surface area contributed by atoms with Crippen LogP contribution in [0.4, 0.5) is 5.82 Å². The van der Waals surface area contributed by atoms with Gasteiger partial charge in [0, 0.05) is 12.6 Å². The zero-order valence-corrected chi connectivity index (χ0v) is 13.3. The topological polar surface area (TPSA) is 29.9 Å². The predicted molar refractivity (Wildman–Crippen MR) is 81.5 cm³/mol. The summed E-state index contributed by atoms with van der Waals surface area (Å²) in [5.74, 6) is 2.51. The molecule has 0 saturated carbocycles. The minimum absolute atomic E-state index is 0.342. The summed E-state index contributed by atoms with van der Waals surface area (Å²) in [5.41, 5.74) is 1.58. The van der Waals surface area contributed by atoms with Crippen LogP contribution in [0, 0.1) is 17.3 Å². The molecule has 1 aliphatic rings. The Hall–Kier alpha value is -0.990. The SMILES string of the molecule is CCC1C(C)CNc2cc(CC(C)C(C)(C)C)nn21. The number of rotatable bonds is 3. The molecule has 1 N–H and O–H groups in total. The molecule has 3 unspecified atom stereocenters. The lowest BCUT2D eigenvalue weighted by molar-refractivity contribution is 0.256. The van der Waals surface area contributed by atoms with Crippen molar-refractivity contribution in [1.82, 2.24) is 9.78 Å². The molecule has 108 valence electrons. The van der Waals surface area contributed by atoms with Crippen LogP contribution in [-0.2, 0) is 6.42 Å². The Balaban J connectivity index is 2.18. The van der Waals surface area contributed by atoms with Gasteiger partial charge in [-0.15, -0.1) is 0 Å². The van der Waals surface area contributed by atoms with Crippen molar-refractivity contribution in [2.75, 3.05) is 11.9 Å². The van der Waals surface area contributed by atoms with Crippen molar-refractivity contribution in [2.24, 2.45) is 17.3 Å². The first-order valence-corrected chi connectivity index (χ1v) is 7.65. The van der Waals surface area contributed by atoms with Gasteiger partial charge in [0.15, 0.2) is 0 Å². The van der Waals surface area contributed by atoms with Crippen molar-refractivity contribution in [3.63, 3.8) is 0 Å². The van der Waals surface area contributed by atoms with Crippen molar-refractivity contribution < 1.29 is 0 Å². The highest BCUT2D eigenvalue weighted by atomic mass is 15.4. The number of nitrogens with one attached hydrogen (secondary N) is 1. The third kappa shape index (κ3) is 2.96. The van der Waals surface area contributed by atoms with Gasteiger partial charge in [0.1, 0.15) is 5.82 Å². The third-order valence-corrected chi connectivity index (χ3v) is 4.77. The van der Waals surface area contributed by atoms with Crippen molar-refractivity contribution in [2.45, 2.75) is 60.4 Å². The summed E-state index contributed by atoms with van der Waals surface area (Å²) in [6.07, 6.45) is 2.22. The van der Waals surface area contributed by atoms with Crippen LogP contribution < -0.4 is 5.32 Å². The summed E-state index contributed by atoms with van der Waals surface area (Å²) in [4.78, 5) is 0. The van der Waals surface area contributed by atoms with Crippen molar-refractivity contribution in [3.8, 4) is 0 Å². The Morgan fingerprint density at radius 1 is 1.47 bits per heavy atom. The molecule has 19 heavy (non-hydrogen) atoms. The van der Waals surface area contributed by atoms with Gasteiger partial charge in [-0.2, -0.15) is 5.10 Å². The third-order valence-electron chi connectivity index (χ3n) is 4.77. The fourth-order valence-electron chi connectivity index (χ4n) is 2.77. The molecular weight excluding hydrogens is 234 g/mol. The van der Waals surface area contributed by atoms with Crippen LogP contribution in [0.3, 0.4) is 0 Å². The molecule has 3 nitrogen and oxygen atoms in total. The maximum absolute atomic E-state index is 4.86. The van der Waals surface area contributed by atoms with Gasteiger partial charge in [-0.1, -0.05) is 41.5 Å². The van der Waals surface area contributed by atoms with Crippen LogP contribution in [0.25, 0.3) is 0 Å². The molecule has 0 fully saturated rings. The monoisotopic (exact) mass is 263 g/mol. The van der Waals surface area contributed by atoms with Gasteiger partial charge < -0.3 is 5.32 Å². The number of hydrogen-bond acceptors (Lipinski definition) is 2. The number of nitrogens with zero attached hydrogens (tertiary/aromatic N) is 2. The smallest absolute Gasteiger partial charge is 0.124 e. The quantitative estimate of drug-likeness (QED) is 0.889. The first-order valence-electron chi connectivity index (χ1n) is 7.65. The maximum atomic E-state index is 4.86. The zero-order chi connectivity index (χ0) is 14.2. The van der Waals surface area contributed by atoms with Crippen molar-refractivity contribution in [3.05, 3.63) is 11.8 Å². The average Bonchev–Trinajstić information content (AvgIpc) is 2.70. The van der Waals surface area contributed by atoms with E-state index in [0.717, 1.165) is 19.4 Å². The summed E-state index contributed by atoms with van der Waals surface area (Å²) in [6, 6.07) is 2.80. The van der Waals surface area contributed by atoms with Gasteiger partial charge >= 0.3 is 0 Å². The van der Waals surface area contributed by atoms with Gasteiger partial charge in [-0.25, -0.2) is 4.68 Å². The van der Waals surface area contributed by atoms with E-state index in [2.05, 4.69) is 57.6 Å².